The fraction of sp³-hybridized carbons (Fsp3) is 0.462. The Bertz CT molecular complexity index is 402. The van der Waals surface area contributed by atoms with Gasteiger partial charge in [0.05, 0.1) is 0 Å². The first kappa shape index (κ1) is 12.6. The topological polar surface area (TPSA) is 29.5 Å². The van der Waals surface area contributed by atoms with Crippen molar-refractivity contribution in [3.8, 4) is 0 Å². The summed E-state index contributed by atoms with van der Waals surface area (Å²) in [6, 6.07) is 6.28. The SMILES string of the molecule is CN(c1ccc(Br)cc1C=O)C1CCOCC1. The van der Waals surface area contributed by atoms with Gasteiger partial charge in [0, 0.05) is 42.0 Å². The Kier molecular flexibility index (Phi) is 4.18. The van der Waals surface area contributed by atoms with Crippen LogP contribution in [0.2, 0.25) is 0 Å². The molecular formula is C13H16BrNO2. The van der Waals surface area contributed by atoms with Crippen LogP contribution < -0.4 is 4.90 Å². The van der Waals surface area contributed by atoms with Crippen LogP contribution in [0, 0.1) is 0 Å². The molecule has 4 heteroatoms. The molecule has 17 heavy (non-hydrogen) atoms. The Morgan fingerprint density at radius 3 is 2.76 bits per heavy atom. The van der Waals surface area contributed by atoms with Crippen molar-refractivity contribution in [2.24, 2.45) is 0 Å². The largest absolute Gasteiger partial charge is 0.381 e. The fourth-order valence-corrected chi connectivity index (χ4v) is 2.59. The molecule has 1 saturated heterocycles. The van der Waals surface area contributed by atoms with Crippen LogP contribution in [0.1, 0.15) is 23.2 Å². The van der Waals surface area contributed by atoms with Crippen LogP contribution in [0.25, 0.3) is 0 Å². The lowest BCUT2D eigenvalue weighted by Crippen LogP contribution is -2.37. The summed E-state index contributed by atoms with van der Waals surface area (Å²) in [7, 11) is 2.05. The van der Waals surface area contributed by atoms with Gasteiger partial charge in [0.15, 0.2) is 6.29 Å². The highest BCUT2D eigenvalue weighted by atomic mass is 79.9. The third-order valence-corrected chi connectivity index (χ3v) is 3.73. The molecule has 1 fully saturated rings. The summed E-state index contributed by atoms with van der Waals surface area (Å²) in [6.07, 6.45) is 2.95. The predicted octanol–water partition coefficient (Wildman–Crippen LogP) is 2.88. The van der Waals surface area contributed by atoms with Crippen molar-refractivity contribution >= 4 is 27.9 Å². The van der Waals surface area contributed by atoms with Crippen LogP contribution in [0.15, 0.2) is 22.7 Å². The van der Waals surface area contributed by atoms with Gasteiger partial charge in [-0.15, -0.1) is 0 Å². The summed E-state index contributed by atoms with van der Waals surface area (Å²) in [6.45, 7) is 1.61. The molecule has 0 saturated carbocycles. The van der Waals surface area contributed by atoms with Crippen LogP contribution in [0.5, 0.6) is 0 Å². The predicted molar refractivity (Wildman–Crippen MR) is 71.8 cm³/mol. The maximum absolute atomic E-state index is 11.1. The number of hydrogen-bond donors (Lipinski definition) is 0. The monoisotopic (exact) mass is 297 g/mol. The van der Waals surface area contributed by atoms with Gasteiger partial charge in [-0.1, -0.05) is 15.9 Å². The molecule has 0 radical (unpaired) electrons. The Labute approximate surface area is 110 Å². The molecule has 1 aromatic rings. The van der Waals surface area contributed by atoms with Gasteiger partial charge in [0.2, 0.25) is 0 Å². The van der Waals surface area contributed by atoms with Crippen LogP contribution in [0.4, 0.5) is 5.69 Å². The summed E-state index contributed by atoms with van der Waals surface area (Å²) >= 11 is 3.38. The molecule has 0 spiro atoms. The molecule has 2 rings (SSSR count). The van der Waals surface area contributed by atoms with Gasteiger partial charge >= 0.3 is 0 Å². The highest BCUT2D eigenvalue weighted by Gasteiger charge is 2.20. The average Bonchev–Trinajstić information content (AvgIpc) is 2.39. The number of benzene rings is 1. The van der Waals surface area contributed by atoms with Crippen molar-refractivity contribution in [1.29, 1.82) is 0 Å². The minimum atomic E-state index is 0.462. The highest BCUT2D eigenvalue weighted by Crippen LogP contribution is 2.26. The van der Waals surface area contributed by atoms with Crippen molar-refractivity contribution in [3.05, 3.63) is 28.2 Å². The minimum absolute atomic E-state index is 0.462. The molecule has 0 aliphatic carbocycles. The van der Waals surface area contributed by atoms with Crippen LogP contribution in [-0.4, -0.2) is 32.6 Å². The van der Waals surface area contributed by atoms with E-state index in [0.717, 1.165) is 48.1 Å². The standard InChI is InChI=1S/C13H16BrNO2/c1-15(12-4-6-17-7-5-12)13-3-2-11(14)8-10(13)9-16/h2-3,8-9,12H,4-7H2,1H3. The molecule has 3 nitrogen and oxygen atoms in total. The van der Waals surface area contributed by atoms with Gasteiger partial charge in [0.25, 0.3) is 0 Å². The second-order valence-electron chi connectivity index (χ2n) is 4.28. The van der Waals surface area contributed by atoms with Crippen molar-refractivity contribution in [2.45, 2.75) is 18.9 Å². The molecule has 1 aliphatic heterocycles. The summed E-state index contributed by atoms with van der Waals surface area (Å²) in [4.78, 5) is 13.3. The van der Waals surface area contributed by atoms with Crippen molar-refractivity contribution < 1.29 is 9.53 Å². The summed E-state index contributed by atoms with van der Waals surface area (Å²) in [5, 5.41) is 0. The van der Waals surface area contributed by atoms with E-state index in [0.29, 0.717) is 6.04 Å². The van der Waals surface area contributed by atoms with E-state index in [4.69, 9.17) is 4.74 Å². The Morgan fingerprint density at radius 1 is 1.41 bits per heavy atom. The molecule has 0 N–H and O–H groups in total. The number of ether oxygens (including phenoxy) is 1. The average molecular weight is 298 g/mol. The number of halogens is 1. The molecular weight excluding hydrogens is 282 g/mol. The molecule has 0 atom stereocenters. The second-order valence-corrected chi connectivity index (χ2v) is 5.19. The molecule has 0 amide bonds. The van der Waals surface area contributed by atoms with E-state index in [1.807, 2.05) is 25.2 Å². The van der Waals surface area contributed by atoms with Crippen molar-refractivity contribution in [2.75, 3.05) is 25.2 Å². The minimum Gasteiger partial charge on any atom is -0.381 e. The van der Waals surface area contributed by atoms with Gasteiger partial charge in [-0.25, -0.2) is 0 Å². The number of rotatable bonds is 3. The van der Waals surface area contributed by atoms with E-state index >= 15 is 0 Å². The van der Waals surface area contributed by atoms with Gasteiger partial charge in [-0.3, -0.25) is 4.79 Å². The number of aldehydes is 1. The van der Waals surface area contributed by atoms with E-state index in [2.05, 4.69) is 20.8 Å². The van der Waals surface area contributed by atoms with E-state index in [1.54, 1.807) is 0 Å². The molecule has 1 aliphatic rings. The lowest BCUT2D eigenvalue weighted by molar-refractivity contribution is 0.0854. The summed E-state index contributed by atoms with van der Waals surface area (Å²) in [5.74, 6) is 0. The van der Waals surface area contributed by atoms with Crippen LogP contribution >= 0.6 is 15.9 Å². The number of hydrogen-bond acceptors (Lipinski definition) is 3. The number of carbonyl (C=O) groups excluding carboxylic acids is 1. The number of carbonyl (C=O) groups is 1. The lowest BCUT2D eigenvalue weighted by atomic mass is 10.1. The van der Waals surface area contributed by atoms with Gasteiger partial charge in [-0.05, 0) is 31.0 Å². The quantitative estimate of drug-likeness (QED) is 0.804. The first-order valence-corrected chi connectivity index (χ1v) is 6.57. The first-order chi connectivity index (χ1) is 8.22. The first-order valence-electron chi connectivity index (χ1n) is 5.77. The van der Waals surface area contributed by atoms with Gasteiger partial charge in [0.1, 0.15) is 0 Å². The summed E-state index contributed by atoms with van der Waals surface area (Å²) < 4.78 is 6.29. The maximum atomic E-state index is 11.1. The third kappa shape index (κ3) is 2.87. The summed E-state index contributed by atoms with van der Waals surface area (Å²) in [5.41, 5.74) is 1.73. The smallest absolute Gasteiger partial charge is 0.152 e. The van der Waals surface area contributed by atoms with Crippen molar-refractivity contribution in [1.82, 2.24) is 0 Å². The number of nitrogens with zero attached hydrogens (tertiary/aromatic N) is 1. The fourth-order valence-electron chi connectivity index (χ4n) is 2.21. The van der Waals surface area contributed by atoms with E-state index < -0.39 is 0 Å². The van der Waals surface area contributed by atoms with Crippen LogP contribution in [-0.2, 0) is 4.74 Å². The molecule has 0 bridgehead atoms. The van der Waals surface area contributed by atoms with Crippen LogP contribution in [0.3, 0.4) is 0 Å². The third-order valence-electron chi connectivity index (χ3n) is 3.24. The lowest BCUT2D eigenvalue weighted by Gasteiger charge is -2.33. The van der Waals surface area contributed by atoms with Crippen molar-refractivity contribution in [3.63, 3.8) is 0 Å². The molecule has 1 aromatic carbocycles. The van der Waals surface area contributed by atoms with Gasteiger partial charge < -0.3 is 9.64 Å². The Morgan fingerprint density at radius 2 is 2.12 bits per heavy atom. The maximum Gasteiger partial charge on any atom is 0.152 e. The molecule has 0 aromatic heterocycles. The zero-order valence-electron chi connectivity index (χ0n) is 9.86. The molecule has 0 unspecified atom stereocenters. The van der Waals surface area contributed by atoms with E-state index in [-0.39, 0.29) is 0 Å². The van der Waals surface area contributed by atoms with E-state index in [9.17, 15) is 4.79 Å². The highest BCUT2D eigenvalue weighted by molar-refractivity contribution is 9.10. The second kappa shape index (κ2) is 5.65. The zero-order chi connectivity index (χ0) is 12.3. The van der Waals surface area contributed by atoms with Gasteiger partial charge in [-0.2, -0.15) is 0 Å². The zero-order valence-corrected chi connectivity index (χ0v) is 11.4. The normalized spacial score (nSPS) is 16.8. The van der Waals surface area contributed by atoms with E-state index in [1.165, 1.54) is 0 Å². The molecule has 1 heterocycles. The molecule has 92 valence electrons. The number of anilines is 1. The Balaban J connectivity index is 2.22. The Hall–Kier alpha value is -0.870.